The van der Waals surface area contributed by atoms with Crippen molar-refractivity contribution in [2.45, 2.75) is 19.9 Å². The molecule has 0 aliphatic carbocycles. The first-order chi connectivity index (χ1) is 10.1. The van der Waals surface area contributed by atoms with Crippen molar-refractivity contribution in [1.29, 1.82) is 0 Å². The van der Waals surface area contributed by atoms with Gasteiger partial charge >= 0.3 is 0 Å². The summed E-state index contributed by atoms with van der Waals surface area (Å²) in [6.45, 7) is 3.38. The minimum atomic E-state index is -0.0651. The quantitative estimate of drug-likeness (QED) is 0.881. The predicted molar refractivity (Wildman–Crippen MR) is 82.0 cm³/mol. The molecule has 0 fully saturated rings. The number of carbonyl (C=O) groups excluding carboxylic acids is 1. The number of amides is 1. The second-order valence-corrected chi connectivity index (χ2v) is 4.96. The van der Waals surface area contributed by atoms with Gasteiger partial charge < -0.3 is 14.8 Å². The first kappa shape index (κ1) is 15.0. The molecule has 0 aromatic carbocycles. The van der Waals surface area contributed by atoms with Crippen LogP contribution in [0.1, 0.15) is 29.5 Å². The summed E-state index contributed by atoms with van der Waals surface area (Å²) in [5, 5.41) is 3.26. The molecule has 0 bridgehead atoms. The highest BCUT2D eigenvalue weighted by molar-refractivity contribution is 5.99. The van der Waals surface area contributed by atoms with E-state index in [9.17, 15) is 4.79 Å². The average molecular weight is 287 g/mol. The molecule has 21 heavy (non-hydrogen) atoms. The largest absolute Gasteiger partial charge is 0.384 e. The maximum Gasteiger partial charge on any atom is 0.257 e. The number of nitrogens with one attached hydrogen (secondary N) is 1. The van der Waals surface area contributed by atoms with Crippen LogP contribution in [-0.2, 0) is 13.6 Å². The molecule has 0 unspecified atom stereocenters. The smallest absolute Gasteiger partial charge is 0.257 e. The number of aromatic nitrogens is 3. The highest BCUT2D eigenvalue weighted by atomic mass is 16.2. The Kier molecular flexibility index (Phi) is 4.92. The SMILES string of the molecule is CCCNc1ccncc1C(=O)N(C)Cc1nccn1C. The third-order valence-corrected chi connectivity index (χ3v) is 3.26. The molecule has 0 radical (unpaired) electrons. The van der Waals surface area contributed by atoms with Crippen molar-refractivity contribution in [3.63, 3.8) is 0 Å². The van der Waals surface area contributed by atoms with Crippen molar-refractivity contribution < 1.29 is 4.79 Å². The lowest BCUT2D eigenvalue weighted by Crippen LogP contribution is -2.28. The monoisotopic (exact) mass is 287 g/mol. The van der Waals surface area contributed by atoms with Gasteiger partial charge in [-0.25, -0.2) is 4.98 Å². The minimum absolute atomic E-state index is 0.0651. The average Bonchev–Trinajstić information content (AvgIpc) is 2.90. The molecule has 2 aromatic heterocycles. The molecule has 6 nitrogen and oxygen atoms in total. The number of hydrogen-bond acceptors (Lipinski definition) is 4. The lowest BCUT2D eigenvalue weighted by Gasteiger charge is -2.19. The number of pyridine rings is 1. The highest BCUT2D eigenvalue weighted by Crippen LogP contribution is 2.16. The van der Waals surface area contributed by atoms with E-state index in [-0.39, 0.29) is 5.91 Å². The first-order valence-electron chi connectivity index (χ1n) is 7.03. The molecule has 0 saturated carbocycles. The number of aryl methyl sites for hydroxylation is 1. The van der Waals surface area contributed by atoms with Gasteiger partial charge in [-0.05, 0) is 12.5 Å². The Morgan fingerprint density at radius 1 is 1.43 bits per heavy atom. The van der Waals surface area contributed by atoms with Crippen LogP contribution in [0.4, 0.5) is 5.69 Å². The Balaban J connectivity index is 2.13. The zero-order chi connectivity index (χ0) is 15.2. The van der Waals surface area contributed by atoms with Crippen LogP contribution in [0, 0.1) is 0 Å². The van der Waals surface area contributed by atoms with Crippen molar-refractivity contribution >= 4 is 11.6 Å². The number of nitrogens with zero attached hydrogens (tertiary/aromatic N) is 4. The molecular weight excluding hydrogens is 266 g/mol. The summed E-state index contributed by atoms with van der Waals surface area (Å²) in [6.07, 6.45) is 7.89. The van der Waals surface area contributed by atoms with Gasteiger partial charge in [0.2, 0.25) is 0 Å². The number of hydrogen-bond donors (Lipinski definition) is 1. The summed E-state index contributed by atoms with van der Waals surface area (Å²) >= 11 is 0. The van der Waals surface area contributed by atoms with Gasteiger partial charge in [-0.3, -0.25) is 9.78 Å². The van der Waals surface area contributed by atoms with Crippen LogP contribution in [0.15, 0.2) is 30.9 Å². The van der Waals surface area contributed by atoms with Crippen LogP contribution in [0.2, 0.25) is 0 Å². The lowest BCUT2D eigenvalue weighted by molar-refractivity contribution is 0.0781. The van der Waals surface area contributed by atoms with Crippen LogP contribution >= 0.6 is 0 Å². The third kappa shape index (κ3) is 3.59. The van der Waals surface area contributed by atoms with Crippen molar-refractivity contribution in [3.8, 4) is 0 Å². The molecular formula is C15H21N5O. The standard InChI is InChI=1S/C15H21N5O/c1-4-6-17-13-5-7-16-10-12(13)15(21)20(3)11-14-18-8-9-19(14)2/h5,7-10H,4,6,11H2,1-3H3,(H,16,17). The van der Waals surface area contributed by atoms with Crippen molar-refractivity contribution in [3.05, 3.63) is 42.2 Å². The van der Waals surface area contributed by atoms with Gasteiger partial charge in [0.25, 0.3) is 5.91 Å². The minimum Gasteiger partial charge on any atom is -0.384 e. The number of rotatable bonds is 6. The summed E-state index contributed by atoms with van der Waals surface area (Å²) in [7, 11) is 3.69. The molecule has 0 aliphatic rings. The van der Waals surface area contributed by atoms with E-state index in [4.69, 9.17) is 0 Å². The van der Waals surface area contributed by atoms with Crippen LogP contribution in [0.25, 0.3) is 0 Å². The molecule has 0 aliphatic heterocycles. The molecule has 0 atom stereocenters. The summed E-state index contributed by atoms with van der Waals surface area (Å²) in [6, 6.07) is 1.83. The summed E-state index contributed by atoms with van der Waals surface area (Å²) in [4.78, 5) is 22.5. The van der Waals surface area contributed by atoms with Crippen LogP contribution in [-0.4, -0.2) is 38.9 Å². The molecule has 6 heteroatoms. The zero-order valence-corrected chi connectivity index (χ0v) is 12.7. The van der Waals surface area contributed by atoms with Crippen molar-refractivity contribution in [2.75, 3.05) is 18.9 Å². The van der Waals surface area contributed by atoms with Crippen LogP contribution in [0.5, 0.6) is 0 Å². The Hall–Kier alpha value is -2.37. The van der Waals surface area contributed by atoms with Gasteiger partial charge in [-0.1, -0.05) is 6.92 Å². The Bertz CT molecular complexity index is 608. The molecule has 0 spiro atoms. The molecule has 1 N–H and O–H groups in total. The van der Waals surface area contributed by atoms with Crippen molar-refractivity contribution in [2.24, 2.45) is 7.05 Å². The fourth-order valence-corrected chi connectivity index (χ4v) is 2.02. The van der Waals surface area contributed by atoms with E-state index in [0.717, 1.165) is 24.5 Å². The van der Waals surface area contributed by atoms with Gasteiger partial charge in [-0.2, -0.15) is 0 Å². The summed E-state index contributed by atoms with van der Waals surface area (Å²) < 4.78 is 1.91. The number of imidazole rings is 1. The van der Waals surface area contributed by atoms with Crippen LogP contribution in [0.3, 0.4) is 0 Å². The fraction of sp³-hybridized carbons (Fsp3) is 0.400. The molecule has 0 saturated heterocycles. The maximum atomic E-state index is 12.6. The van der Waals surface area contributed by atoms with Crippen molar-refractivity contribution in [1.82, 2.24) is 19.4 Å². The normalized spacial score (nSPS) is 10.4. The van der Waals surface area contributed by atoms with Gasteiger partial charge in [-0.15, -0.1) is 0 Å². The van der Waals surface area contributed by atoms with Gasteiger partial charge in [0.15, 0.2) is 0 Å². The summed E-state index contributed by atoms with van der Waals surface area (Å²) in [5.74, 6) is 0.780. The van der Waals surface area contributed by atoms with E-state index in [0.29, 0.717) is 12.1 Å². The summed E-state index contributed by atoms with van der Waals surface area (Å²) in [5.41, 5.74) is 1.41. The van der Waals surface area contributed by atoms with Gasteiger partial charge in [0.1, 0.15) is 5.82 Å². The van der Waals surface area contributed by atoms with E-state index in [1.165, 1.54) is 0 Å². The molecule has 112 valence electrons. The highest BCUT2D eigenvalue weighted by Gasteiger charge is 2.17. The second-order valence-electron chi connectivity index (χ2n) is 4.96. The number of anilines is 1. The Morgan fingerprint density at radius 2 is 2.24 bits per heavy atom. The van der Waals surface area contributed by atoms with E-state index < -0.39 is 0 Å². The lowest BCUT2D eigenvalue weighted by atomic mass is 10.2. The second kappa shape index (κ2) is 6.88. The van der Waals surface area contributed by atoms with E-state index in [1.54, 1.807) is 30.5 Å². The maximum absolute atomic E-state index is 12.6. The Morgan fingerprint density at radius 3 is 2.90 bits per heavy atom. The first-order valence-corrected chi connectivity index (χ1v) is 7.03. The van der Waals surface area contributed by atoms with E-state index >= 15 is 0 Å². The number of carbonyl (C=O) groups is 1. The van der Waals surface area contributed by atoms with Crippen LogP contribution < -0.4 is 5.32 Å². The fourth-order valence-electron chi connectivity index (χ4n) is 2.02. The molecule has 2 aromatic rings. The predicted octanol–water partition coefficient (Wildman–Crippen LogP) is 1.91. The topological polar surface area (TPSA) is 63.1 Å². The Labute approximate surface area is 124 Å². The van der Waals surface area contributed by atoms with E-state index in [1.807, 2.05) is 23.9 Å². The molecule has 2 rings (SSSR count). The van der Waals surface area contributed by atoms with E-state index in [2.05, 4.69) is 22.2 Å². The van der Waals surface area contributed by atoms with Gasteiger partial charge in [0, 0.05) is 45.4 Å². The molecule has 1 amide bonds. The van der Waals surface area contributed by atoms with Gasteiger partial charge in [0.05, 0.1) is 17.8 Å². The third-order valence-electron chi connectivity index (χ3n) is 3.26. The molecule has 2 heterocycles. The zero-order valence-electron chi connectivity index (χ0n) is 12.7.